The van der Waals surface area contributed by atoms with Crippen molar-refractivity contribution in [3.05, 3.63) is 59.1 Å². The third-order valence-electron chi connectivity index (χ3n) is 6.33. The van der Waals surface area contributed by atoms with Crippen molar-refractivity contribution in [3.63, 3.8) is 0 Å². The molecule has 0 spiro atoms. The fraction of sp³-hybridized carbons (Fsp3) is 0.346. The van der Waals surface area contributed by atoms with Gasteiger partial charge in [0.05, 0.1) is 12.8 Å². The lowest BCUT2D eigenvalue weighted by molar-refractivity contribution is -0.135. The highest BCUT2D eigenvalue weighted by Crippen LogP contribution is 2.28. The lowest BCUT2D eigenvalue weighted by atomic mass is 10.0. The van der Waals surface area contributed by atoms with Crippen LogP contribution in [0.15, 0.2) is 47.8 Å². The first-order chi connectivity index (χ1) is 17.1. The van der Waals surface area contributed by atoms with Crippen LogP contribution in [0.25, 0.3) is 10.6 Å². The Kier molecular flexibility index (Phi) is 6.96. The number of ether oxygens (including phenoxy) is 2. The number of carbonyl (C=O) groups is 2. The van der Waals surface area contributed by atoms with Gasteiger partial charge in [-0.05, 0) is 54.4 Å². The van der Waals surface area contributed by atoms with Gasteiger partial charge in [-0.2, -0.15) is 0 Å². The Morgan fingerprint density at radius 3 is 2.60 bits per heavy atom. The fourth-order valence-electron chi connectivity index (χ4n) is 4.32. The monoisotopic (exact) mass is 492 g/mol. The normalized spacial score (nSPS) is 15.9. The van der Waals surface area contributed by atoms with E-state index in [1.807, 2.05) is 41.3 Å². The number of hydrogen-bond donors (Lipinski definition) is 1. The van der Waals surface area contributed by atoms with E-state index in [9.17, 15) is 9.59 Å². The van der Waals surface area contributed by atoms with Crippen molar-refractivity contribution in [2.45, 2.75) is 19.4 Å². The number of aromatic nitrogens is 1. The Bertz CT molecular complexity index is 1200. The zero-order valence-corrected chi connectivity index (χ0v) is 20.5. The summed E-state index contributed by atoms with van der Waals surface area (Å²) in [6.45, 7) is 3.75. The number of thiazole rings is 1. The summed E-state index contributed by atoms with van der Waals surface area (Å²) in [4.78, 5) is 33.2. The highest BCUT2D eigenvalue weighted by molar-refractivity contribution is 7.13. The maximum absolute atomic E-state index is 12.7. The predicted molar refractivity (Wildman–Crippen MR) is 135 cm³/mol. The van der Waals surface area contributed by atoms with Gasteiger partial charge in [-0.3, -0.25) is 14.5 Å². The highest BCUT2D eigenvalue weighted by Gasteiger charge is 2.22. The molecule has 5 rings (SSSR count). The van der Waals surface area contributed by atoms with Crippen LogP contribution in [0.2, 0.25) is 0 Å². The second-order valence-electron chi connectivity index (χ2n) is 8.69. The fourth-order valence-corrected chi connectivity index (χ4v) is 5.13. The van der Waals surface area contributed by atoms with E-state index in [-0.39, 0.29) is 18.4 Å². The van der Waals surface area contributed by atoms with Crippen LogP contribution in [-0.4, -0.2) is 66.5 Å². The highest BCUT2D eigenvalue weighted by atomic mass is 32.1. The SMILES string of the molecule is COc1ccc(-c2nc(CN3CCN(C(=O)COc4ccc5c(c4)CCC(=O)N5)CC3)cs2)cc1. The second kappa shape index (κ2) is 10.5. The molecule has 2 aliphatic rings. The zero-order valence-electron chi connectivity index (χ0n) is 19.7. The Labute approximate surface area is 208 Å². The number of carbonyl (C=O) groups excluding carboxylic acids is 2. The predicted octanol–water partition coefficient (Wildman–Crippen LogP) is 3.43. The molecule has 0 unspecified atom stereocenters. The van der Waals surface area contributed by atoms with Gasteiger partial charge >= 0.3 is 0 Å². The minimum atomic E-state index is -0.00822. The summed E-state index contributed by atoms with van der Waals surface area (Å²) in [6, 6.07) is 13.5. The van der Waals surface area contributed by atoms with E-state index in [0.29, 0.717) is 31.7 Å². The number of fused-ring (bicyclic) bond motifs is 1. The molecule has 1 aromatic heterocycles. The third-order valence-corrected chi connectivity index (χ3v) is 7.27. The van der Waals surface area contributed by atoms with Gasteiger partial charge in [0.15, 0.2) is 6.61 Å². The summed E-state index contributed by atoms with van der Waals surface area (Å²) in [5.74, 6) is 1.52. The van der Waals surface area contributed by atoms with Crippen molar-refractivity contribution in [1.29, 1.82) is 0 Å². The molecule has 2 aliphatic heterocycles. The van der Waals surface area contributed by atoms with Crippen LogP contribution in [-0.2, 0) is 22.6 Å². The number of methoxy groups -OCH3 is 1. The van der Waals surface area contributed by atoms with E-state index in [2.05, 4.69) is 15.6 Å². The van der Waals surface area contributed by atoms with Crippen LogP contribution >= 0.6 is 11.3 Å². The van der Waals surface area contributed by atoms with E-state index in [0.717, 1.165) is 52.9 Å². The van der Waals surface area contributed by atoms with Crippen molar-refractivity contribution in [2.24, 2.45) is 0 Å². The van der Waals surface area contributed by atoms with Crippen molar-refractivity contribution in [1.82, 2.24) is 14.8 Å². The summed E-state index contributed by atoms with van der Waals surface area (Å²) in [5, 5.41) is 5.96. The molecule has 0 aliphatic carbocycles. The molecule has 0 bridgehead atoms. The first-order valence-corrected chi connectivity index (χ1v) is 12.6. The average Bonchev–Trinajstić information content (AvgIpc) is 3.36. The molecule has 2 amide bonds. The summed E-state index contributed by atoms with van der Waals surface area (Å²) in [7, 11) is 1.66. The first kappa shape index (κ1) is 23.3. The molecule has 1 N–H and O–H groups in total. The molecule has 3 aromatic rings. The number of anilines is 1. The molecule has 8 nitrogen and oxygen atoms in total. The number of nitrogens with zero attached hydrogens (tertiary/aromatic N) is 3. The van der Waals surface area contributed by atoms with E-state index in [1.165, 1.54) is 0 Å². The van der Waals surface area contributed by atoms with Crippen molar-refractivity contribution in [2.75, 3.05) is 45.2 Å². The van der Waals surface area contributed by atoms with Crippen LogP contribution in [0.4, 0.5) is 5.69 Å². The van der Waals surface area contributed by atoms with E-state index in [1.54, 1.807) is 24.5 Å². The van der Waals surface area contributed by atoms with Crippen LogP contribution in [0, 0.1) is 0 Å². The number of piperazine rings is 1. The van der Waals surface area contributed by atoms with E-state index in [4.69, 9.17) is 14.5 Å². The lowest BCUT2D eigenvalue weighted by Crippen LogP contribution is -2.49. The zero-order chi connectivity index (χ0) is 24.2. The Morgan fingerprint density at radius 1 is 1.06 bits per heavy atom. The molecule has 9 heteroatoms. The van der Waals surface area contributed by atoms with Crippen LogP contribution in [0.5, 0.6) is 11.5 Å². The van der Waals surface area contributed by atoms with Crippen LogP contribution in [0.1, 0.15) is 17.7 Å². The standard InChI is InChI=1S/C26H28N4O4S/c1-33-21-5-2-18(3-6-21)26-27-20(17-35-26)15-29-10-12-30(13-11-29)25(32)16-34-22-7-8-23-19(14-22)4-9-24(31)28-23/h2-3,5-8,14,17H,4,9-13,15-16H2,1H3,(H,28,31). The van der Waals surface area contributed by atoms with Gasteiger partial charge in [-0.25, -0.2) is 4.98 Å². The van der Waals surface area contributed by atoms with Gasteiger partial charge in [0.2, 0.25) is 5.91 Å². The smallest absolute Gasteiger partial charge is 0.260 e. The number of amides is 2. The van der Waals surface area contributed by atoms with Crippen molar-refractivity contribution in [3.8, 4) is 22.1 Å². The number of nitrogens with one attached hydrogen (secondary N) is 1. The first-order valence-electron chi connectivity index (χ1n) is 11.7. The topological polar surface area (TPSA) is 84.0 Å². The molecule has 1 saturated heterocycles. The minimum Gasteiger partial charge on any atom is -0.497 e. The maximum Gasteiger partial charge on any atom is 0.260 e. The van der Waals surface area contributed by atoms with Gasteiger partial charge in [0.1, 0.15) is 16.5 Å². The third kappa shape index (κ3) is 5.63. The quantitative estimate of drug-likeness (QED) is 0.544. The summed E-state index contributed by atoms with van der Waals surface area (Å²) in [5.41, 5.74) is 4.00. The van der Waals surface area contributed by atoms with Crippen LogP contribution < -0.4 is 14.8 Å². The molecule has 0 radical (unpaired) electrons. The Balaban J connectivity index is 1.08. The number of benzene rings is 2. The number of aryl methyl sites for hydroxylation is 1. The second-order valence-corrected chi connectivity index (χ2v) is 9.54. The molecular formula is C26H28N4O4S. The molecule has 35 heavy (non-hydrogen) atoms. The summed E-state index contributed by atoms with van der Waals surface area (Å²) in [6.07, 6.45) is 1.16. The van der Waals surface area contributed by atoms with Gasteiger partial charge in [0, 0.05) is 55.8 Å². The van der Waals surface area contributed by atoms with Gasteiger partial charge in [-0.15, -0.1) is 11.3 Å². The molecule has 3 heterocycles. The lowest BCUT2D eigenvalue weighted by Gasteiger charge is -2.34. The molecule has 1 fully saturated rings. The minimum absolute atomic E-state index is 0.00822. The van der Waals surface area contributed by atoms with E-state index < -0.39 is 0 Å². The number of hydrogen-bond acceptors (Lipinski definition) is 7. The van der Waals surface area contributed by atoms with E-state index >= 15 is 0 Å². The van der Waals surface area contributed by atoms with Crippen LogP contribution in [0.3, 0.4) is 0 Å². The van der Waals surface area contributed by atoms with Gasteiger partial charge in [-0.1, -0.05) is 0 Å². The summed E-state index contributed by atoms with van der Waals surface area (Å²) < 4.78 is 11.0. The molecule has 182 valence electrons. The molecular weight excluding hydrogens is 464 g/mol. The molecule has 0 saturated carbocycles. The summed E-state index contributed by atoms with van der Waals surface area (Å²) >= 11 is 1.64. The number of rotatable bonds is 7. The van der Waals surface area contributed by atoms with Crippen molar-refractivity contribution < 1.29 is 19.1 Å². The van der Waals surface area contributed by atoms with Gasteiger partial charge in [0.25, 0.3) is 5.91 Å². The molecule has 2 aromatic carbocycles. The average molecular weight is 493 g/mol. The Morgan fingerprint density at radius 2 is 1.83 bits per heavy atom. The Hall–Kier alpha value is -3.43. The largest absolute Gasteiger partial charge is 0.497 e. The van der Waals surface area contributed by atoms with Gasteiger partial charge < -0.3 is 19.7 Å². The maximum atomic E-state index is 12.7. The molecule has 0 atom stereocenters. The van der Waals surface area contributed by atoms with Crippen molar-refractivity contribution >= 4 is 28.8 Å².